The molecule has 7 nitrogen and oxygen atoms in total. The Hall–Kier alpha value is -4.08. The summed E-state index contributed by atoms with van der Waals surface area (Å²) in [4.78, 5) is 43.2. The minimum Gasteiger partial charge on any atom is -0.354 e. The number of benzene rings is 2. The van der Waals surface area contributed by atoms with Crippen LogP contribution >= 0.6 is 0 Å². The van der Waals surface area contributed by atoms with Gasteiger partial charge in [-0.1, -0.05) is 68.5 Å². The number of hydrogen-bond acceptors (Lipinski definition) is 3. The monoisotopic (exact) mass is 568 g/mol. The molecule has 2 N–H and O–H groups in total. The summed E-state index contributed by atoms with van der Waals surface area (Å²) in [6.45, 7) is 7.92. The number of halogens is 3. The van der Waals surface area contributed by atoms with Crippen LogP contribution in [-0.2, 0) is 22.2 Å². The number of nitrogens with one attached hydrogen (secondary N) is 2. The van der Waals surface area contributed by atoms with E-state index in [0.717, 1.165) is 18.1 Å². The van der Waals surface area contributed by atoms with Gasteiger partial charge in [0, 0.05) is 13.1 Å². The molecule has 4 rings (SSSR count). The molecule has 0 aliphatic carbocycles. The Labute approximate surface area is 238 Å². The summed E-state index contributed by atoms with van der Waals surface area (Å²) in [6, 6.07) is 12.0. The van der Waals surface area contributed by atoms with Gasteiger partial charge in [0.25, 0.3) is 5.91 Å². The predicted octanol–water partition coefficient (Wildman–Crippen LogP) is 5.22. The highest BCUT2D eigenvalue weighted by Crippen LogP contribution is 2.42. The first kappa shape index (κ1) is 29.9. The molecule has 4 amide bonds. The first-order chi connectivity index (χ1) is 19.5. The van der Waals surface area contributed by atoms with E-state index in [1.807, 2.05) is 44.2 Å². The highest BCUT2D eigenvalue weighted by Gasteiger charge is 2.48. The molecule has 0 saturated heterocycles. The SMILES string of the molecule is C=CCN1C(=O)NC(c2ccccc2C(F)(F)F)C2=C1CN(C(CC(C)C)C(=O)NCCCc1ccccc1)C2=O. The number of rotatable bonds is 11. The molecule has 2 atom stereocenters. The van der Waals surface area contributed by atoms with Crippen LogP contribution in [0.2, 0.25) is 0 Å². The fourth-order valence-electron chi connectivity index (χ4n) is 5.42. The lowest BCUT2D eigenvalue weighted by molar-refractivity contribution is -0.139. The molecule has 218 valence electrons. The lowest BCUT2D eigenvalue weighted by Gasteiger charge is -2.33. The molecule has 10 heteroatoms. The molecule has 2 aromatic rings. The second-order valence-electron chi connectivity index (χ2n) is 10.7. The van der Waals surface area contributed by atoms with Crippen molar-refractivity contribution in [1.82, 2.24) is 20.4 Å². The van der Waals surface area contributed by atoms with Crippen molar-refractivity contribution < 1.29 is 27.6 Å². The Morgan fingerprint density at radius 2 is 1.80 bits per heavy atom. The molecule has 0 radical (unpaired) electrons. The van der Waals surface area contributed by atoms with Gasteiger partial charge in [-0.3, -0.25) is 14.5 Å². The highest BCUT2D eigenvalue weighted by molar-refractivity contribution is 6.03. The van der Waals surface area contributed by atoms with Crippen molar-refractivity contribution in [2.24, 2.45) is 5.92 Å². The molecule has 41 heavy (non-hydrogen) atoms. The van der Waals surface area contributed by atoms with E-state index in [4.69, 9.17) is 0 Å². The van der Waals surface area contributed by atoms with Crippen LogP contribution in [0.25, 0.3) is 0 Å². The molecule has 0 saturated carbocycles. The Balaban J connectivity index is 1.62. The number of urea groups is 1. The first-order valence-electron chi connectivity index (χ1n) is 13.7. The minimum absolute atomic E-state index is 0.0359. The maximum atomic E-state index is 14.0. The third-order valence-corrected chi connectivity index (χ3v) is 7.30. The number of alkyl halides is 3. The van der Waals surface area contributed by atoms with Crippen molar-refractivity contribution in [2.75, 3.05) is 19.6 Å². The maximum absolute atomic E-state index is 14.0. The number of amides is 4. The molecule has 2 aromatic carbocycles. The Morgan fingerprint density at radius 3 is 2.46 bits per heavy atom. The van der Waals surface area contributed by atoms with Crippen LogP contribution in [0.3, 0.4) is 0 Å². The van der Waals surface area contributed by atoms with Gasteiger partial charge in [0.15, 0.2) is 0 Å². The third-order valence-electron chi connectivity index (χ3n) is 7.30. The van der Waals surface area contributed by atoms with E-state index in [9.17, 15) is 27.6 Å². The van der Waals surface area contributed by atoms with Crippen molar-refractivity contribution in [1.29, 1.82) is 0 Å². The average molecular weight is 569 g/mol. The van der Waals surface area contributed by atoms with Gasteiger partial charge in [-0.15, -0.1) is 6.58 Å². The van der Waals surface area contributed by atoms with Crippen molar-refractivity contribution in [3.63, 3.8) is 0 Å². The molecule has 2 unspecified atom stereocenters. The molecular formula is C31H35F3N4O3. The summed E-state index contributed by atoms with van der Waals surface area (Å²) in [5.41, 5.74) is 0.312. The van der Waals surface area contributed by atoms with Crippen LogP contribution in [0.4, 0.5) is 18.0 Å². The summed E-state index contributed by atoms with van der Waals surface area (Å²) in [7, 11) is 0. The topological polar surface area (TPSA) is 81.8 Å². The fraction of sp³-hybridized carbons (Fsp3) is 0.387. The van der Waals surface area contributed by atoms with Crippen molar-refractivity contribution >= 4 is 17.8 Å². The standard InChI is InChI=1S/C31H35F3N4O3/c1-4-17-37-25-19-38(24(18-20(2)3)28(39)35-16-10-13-21-11-6-5-7-12-21)29(40)26(25)27(36-30(37)41)22-14-8-9-15-23(22)31(32,33)34/h4-9,11-12,14-15,20,24,27H,1,10,13,16-19H2,2-3H3,(H,35,39)(H,36,41). The van der Waals surface area contributed by atoms with Gasteiger partial charge in [0.1, 0.15) is 6.04 Å². The molecule has 2 heterocycles. The minimum atomic E-state index is -4.69. The lowest BCUT2D eigenvalue weighted by atomic mass is 9.91. The fourth-order valence-corrected chi connectivity index (χ4v) is 5.42. The van der Waals surface area contributed by atoms with Gasteiger partial charge in [0.2, 0.25) is 5.91 Å². The predicted molar refractivity (Wildman–Crippen MR) is 149 cm³/mol. The van der Waals surface area contributed by atoms with E-state index in [1.54, 1.807) is 0 Å². The molecule has 2 aliphatic rings. The van der Waals surface area contributed by atoms with Gasteiger partial charge in [0.05, 0.1) is 29.4 Å². The molecule has 0 fully saturated rings. The van der Waals surface area contributed by atoms with E-state index in [-0.39, 0.29) is 41.7 Å². The van der Waals surface area contributed by atoms with Gasteiger partial charge in [-0.25, -0.2) is 4.79 Å². The highest BCUT2D eigenvalue weighted by atomic mass is 19.4. The summed E-state index contributed by atoms with van der Waals surface area (Å²) >= 11 is 0. The zero-order valence-electron chi connectivity index (χ0n) is 23.2. The molecule has 2 aliphatic heterocycles. The smallest absolute Gasteiger partial charge is 0.354 e. The van der Waals surface area contributed by atoms with E-state index in [2.05, 4.69) is 17.2 Å². The number of carbonyl (C=O) groups is 3. The second kappa shape index (κ2) is 12.6. The Kier molecular flexibility index (Phi) is 9.20. The quantitative estimate of drug-likeness (QED) is 0.288. The van der Waals surface area contributed by atoms with Gasteiger partial charge in [-0.05, 0) is 42.4 Å². The zero-order valence-corrected chi connectivity index (χ0v) is 23.2. The number of hydrogen-bond donors (Lipinski definition) is 2. The van der Waals surface area contributed by atoms with Crippen molar-refractivity contribution in [2.45, 2.75) is 51.4 Å². The molecule has 0 spiro atoms. The van der Waals surface area contributed by atoms with Crippen molar-refractivity contribution in [3.8, 4) is 0 Å². The molecular weight excluding hydrogens is 533 g/mol. The third kappa shape index (κ3) is 6.64. The average Bonchev–Trinajstić information content (AvgIpc) is 3.27. The van der Waals surface area contributed by atoms with Gasteiger partial charge in [-0.2, -0.15) is 13.2 Å². The number of nitrogens with zero attached hydrogens (tertiary/aromatic N) is 2. The Morgan fingerprint density at radius 1 is 1.12 bits per heavy atom. The Bertz CT molecular complexity index is 1320. The van der Waals surface area contributed by atoms with Crippen LogP contribution < -0.4 is 10.6 Å². The lowest BCUT2D eigenvalue weighted by Crippen LogP contribution is -2.49. The van der Waals surface area contributed by atoms with E-state index < -0.39 is 35.8 Å². The maximum Gasteiger partial charge on any atom is 0.416 e. The summed E-state index contributed by atoms with van der Waals surface area (Å²) in [6.07, 6.45) is -1.38. The first-order valence-corrected chi connectivity index (χ1v) is 13.7. The second-order valence-corrected chi connectivity index (χ2v) is 10.7. The van der Waals surface area contributed by atoms with Crippen LogP contribution in [-0.4, -0.2) is 53.3 Å². The van der Waals surface area contributed by atoms with Gasteiger partial charge >= 0.3 is 12.2 Å². The molecule has 0 aromatic heterocycles. The summed E-state index contributed by atoms with van der Waals surface area (Å²) < 4.78 is 41.8. The van der Waals surface area contributed by atoms with E-state index in [1.165, 1.54) is 34.1 Å². The van der Waals surface area contributed by atoms with E-state index in [0.29, 0.717) is 19.4 Å². The van der Waals surface area contributed by atoms with Crippen molar-refractivity contribution in [3.05, 3.63) is 95.2 Å². The summed E-state index contributed by atoms with van der Waals surface area (Å²) in [5.74, 6) is -0.853. The number of aryl methyl sites for hydroxylation is 1. The van der Waals surface area contributed by atoms with E-state index >= 15 is 0 Å². The zero-order chi connectivity index (χ0) is 29.7. The largest absolute Gasteiger partial charge is 0.416 e. The number of carbonyl (C=O) groups excluding carboxylic acids is 3. The van der Waals surface area contributed by atoms with Crippen LogP contribution in [0.15, 0.2) is 78.5 Å². The molecule has 0 bridgehead atoms. The van der Waals surface area contributed by atoms with Gasteiger partial charge < -0.3 is 15.5 Å². The summed E-state index contributed by atoms with van der Waals surface area (Å²) in [5, 5.41) is 5.54. The van der Waals surface area contributed by atoms with Crippen LogP contribution in [0, 0.1) is 5.92 Å². The van der Waals surface area contributed by atoms with Crippen LogP contribution in [0.5, 0.6) is 0 Å². The normalized spacial score (nSPS) is 18.0. The van der Waals surface area contributed by atoms with Crippen LogP contribution in [0.1, 0.15) is 49.4 Å².